The quantitative estimate of drug-likeness (QED) is 0.646. The standard InChI is InChI=1S/C17H19N5O3S2/c1-24-10-7-8-13-12(9-10)14(26-11-5-3-2-4-6-11)15(27-13)25-17(23)18-16-19-21-22-20-16/h7-9,11H,2-6H2,1H3,(H2,18,19,20,21,22,23). The normalized spacial score (nSPS) is 15.0. The molecule has 0 saturated heterocycles. The maximum atomic E-state index is 12.2. The lowest BCUT2D eigenvalue weighted by molar-refractivity contribution is 0.215. The van der Waals surface area contributed by atoms with E-state index in [0.29, 0.717) is 10.3 Å². The predicted molar refractivity (Wildman–Crippen MR) is 105 cm³/mol. The third-order valence-electron chi connectivity index (χ3n) is 4.41. The molecule has 8 nitrogen and oxygen atoms in total. The van der Waals surface area contributed by atoms with Crippen LogP contribution < -0.4 is 14.8 Å². The van der Waals surface area contributed by atoms with Crippen molar-refractivity contribution in [2.24, 2.45) is 0 Å². The lowest BCUT2D eigenvalue weighted by atomic mass is 10.0. The Bertz CT molecular complexity index is 922. The molecule has 27 heavy (non-hydrogen) atoms. The number of anilines is 1. The van der Waals surface area contributed by atoms with Gasteiger partial charge in [-0.15, -0.1) is 11.8 Å². The number of hydrogen-bond acceptors (Lipinski definition) is 8. The minimum Gasteiger partial charge on any atom is -0.497 e. The van der Waals surface area contributed by atoms with Gasteiger partial charge < -0.3 is 9.47 Å². The fourth-order valence-electron chi connectivity index (χ4n) is 3.11. The first-order valence-corrected chi connectivity index (χ1v) is 10.4. The number of carbonyl (C=O) groups is 1. The molecule has 0 aliphatic heterocycles. The Kier molecular flexibility index (Phi) is 5.44. The molecular formula is C17H19N5O3S2. The zero-order chi connectivity index (χ0) is 18.6. The molecule has 1 aliphatic rings. The van der Waals surface area contributed by atoms with Crippen molar-refractivity contribution >= 4 is 45.2 Å². The Morgan fingerprint density at radius 3 is 2.93 bits per heavy atom. The fraction of sp³-hybridized carbons (Fsp3) is 0.412. The van der Waals surface area contributed by atoms with Crippen molar-refractivity contribution in [2.45, 2.75) is 42.2 Å². The van der Waals surface area contributed by atoms with Crippen LogP contribution >= 0.6 is 23.1 Å². The molecule has 142 valence electrons. The summed E-state index contributed by atoms with van der Waals surface area (Å²) in [6.45, 7) is 0. The number of nitrogens with zero attached hydrogens (tertiary/aromatic N) is 3. The number of carbonyl (C=O) groups excluding carboxylic acids is 1. The topological polar surface area (TPSA) is 102 Å². The third-order valence-corrected chi connectivity index (χ3v) is 7.03. The van der Waals surface area contributed by atoms with E-state index >= 15 is 0 Å². The van der Waals surface area contributed by atoms with E-state index in [4.69, 9.17) is 9.47 Å². The molecule has 1 saturated carbocycles. The van der Waals surface area contributed by atoms with E-state index in [2.05, 4.69) is 25.9 Å². The smallest absolute Gasteiger partial charge is 0.420 e. The van der Waals surface area contributed by atoms with Gasteiger partial charge in [-0.1, -0.05) is 35.7 Å². The number of hydrogen-bond donors (Lipinski definition) is 2. The maximum absolute atomic E-state index is 12.2. The molecule has 1 amide bonds. The number of aromatic amines is 1. The maximum Gasteiger partial charge on any atom is 0.420 e. The van der Waals surface area contributed by atoms with E-state index in [1.807, 2.05) is 18.2 Å². The first-order chi connectivity index (χ1) is 13.2. The molecule has 0 unspecified atom stereocenters. The zero-order valence-electron chi connectivity index (χ0n) is 14.7. The number of tetrazole rings is 1. The van der Waals surface area contributed by atoms with E-state index in [0.717, 1.165) is 20.7 Å². The van der Waals surface area contributed by atoms with Gasteiger partial charge in [0.25, 0.3) is 0 Å². The predicted octanol–water partition coefficient (Wildman–Crippen LogP) is 4.46. The van der Waals surface area contributed by atoms with Gasteiger partial charge in [0.15, 0.2) is 0 Å². The second-order valence-corrected chi connectivity index (χ2v) is 8.55. The Balaban J connectivity index is 1.62. The monoisotopic (exact) mass is 405 g/mol. The van der Waals surface area contributed by atoms with E-state index in [-0.39, 0.29) is 5.95 Å². The van der Waals surface area contributed by atoms with Crippen molar-refractivity contribution in [3.05, 3.63) is 18.2 Å². The van der Waals surface area contributed by atoms with Gasteiger partial charge >= 0.3 is 6.09 Å². The number of nitrogens with one attached hydrogen (secondary N) is 2. The molecule has 3 aromatic rings. The van der Waals surface area contributed by atoms with Crippen LogP contribution in [0.4, 0.5) is 10.7 Å². The van der Waals surface area contributed by atoms with Gasteiger partial charge in [-0.2, -0.15) is 0 Å². The summed E-state index contributed by atoms with van der Waals surface area (Å²) in [5.74, 6) is 0.929. The first kappa shape index (κ1) is 18.1. The molecular weight excluding hydrogens is 386 g/mol. The van der Waals surface area contributed by atoms with Crippen molar-refractivity contribution in [1.82, 2.24) is 20.6 Å². The number of rotatable bonds is 5. The van der Waals surface area contributed by atoms with Gasteiger partial charge in [-0.25, -0.2) is 9.89 Å². The minimum atomic E-state index is -0.627. The van der Waals surface area contributed by atoms with Crippen LogP contribution in [0, 0.1) is 0 Å². The van der Waals surface area contributed by atoms with Gasteiger partial charge in [-0.3, -0.25) is 5.32 Å². The van der Waals surface area contributed by atoms with Crippen LogP contribution in [0.2, 0.25) is 0 Å². The highest BCUT2D eigenvalue weighted by Gasteiger charge is 2.23. The van der Waals surface area contributed by atoms with Gasteiger partial charge in [0.2, 0.25) is 11.0 Å². The molecule has 0 spiro atoms. The van der Waals surface area contributed by atoms with Crippen molar-refractivity contribution < 1.29 is 14.3 Å². The van der Waals surface area contributed by atoms with Crippen LogP contribution in [0.15, 0.2) is 23.1 Å². The summed E-state index contributed by atoms with van der Waals surface area (Å²) in [7, 11) is 1.65. The van der Waals surface area contributed by atoms with Gasteiger partial charge in [0.05, 0.1) is 12.0 Å². The number of ether oxygens (including phenoxy) is 2. The van der Waals surface area contributed by atoms with E-state index in [1.54, 1.807) is 18.9 Å². The van der Waals surface area contributed by atoms with Crippen LogP contribution in [0.1, 0.15) is 32.1 Å². The number of amides is 1. The van der Waals surface area contributed by atoms with Crippen molar-refractivity contribution in [1.29, 1.82) is 0 Å². The summed E-state index contributed by atoms with van der Waals surface area (Å²) >= 11 is 3.25. The number of methoxy groups -OCH3 is 1. The summed E-state index contributed by atoms with van der Waals surface area (Å²) in [5.41, 5.74) is 0. The summed E-state index contributed by atoms with van der Waals surface area (Å²) in [6.07, 6.45) is 5.53. The Labute approximate surface area is 164 Å². The second kappa shape index (κ2) is 8.13. The molecule has 0 atom stereocenters. The summed E-state index contributed by atoms with van der Waals surface area (Å²) in [4.78, 5) is 13.2. The van der Waals surface area contributed by atoms with Crippen molar-refractivity contribution in [3.63, 3.8) is 0 Å². The number of thioether (sulfide) groups is 1. The molecule has 2 heterocycles. The summed E-state index contributed by atoms with van der Waals surface area (Å²) in [6, 6.07) is 5.91. The fourth-order valence-corrected chi connectivity index (χ4v) is 5.70. The molecule has 0 radical (unpaired) electrons. The summed E-state index contributed by atoms with van der Waals surface area (Å²) < 4.78 is 12.0. The van der Waals surface area contributed by atoms with Gasteiger partial charge in [0.1, 0.15) is 5.75 Å². The highest BCUT2D eigenvalue weighted by atomic mass is 32.2. The van der Waals surface area contributed by atoms with Gasteiger partial charge in [0, 0.05) is 15.3 Å². The van der Waals surface area contributed by atoms with Crippen LogP contribution in [0.5, 0.6) is 10.8 Å². The number of fused-ring (bicyclic) bond motifs is 1. The number of aromatic nitrogens is 4. The summed E-state index contributed by atoms with van der Waals surface area (Å²) in [5, 5.41) is 17.6. The SMILES string of the molecule is COc1ccc2sc(OC(=O)Nc3nnn[nH]3)c(SC3CCCCC3)c2c1. The Morgan fingerprint density at radius 2 is 2.19 bits per heavy atom. The van der Waals surface area contributed by atoms with Crippen LogP contribution in [0.3, 0.4) is 0 Å². The van der Waals surface area contributed by atoms with Crippen LogP contribution in [-0.2, 0) is 0 Å². The Hall–Kier alpha value is -2.33. The molecule has 1 aliphatic carbocycles. The molecule has 1 aromatic carbocycles. The van der Waals surface area contributed by atoms with E-state index < -0.39 is 6.09 Å². The number of thiophene rings is 1. The average molecular weight is 406 g/mol. The average Bonchev–Trinajstić information content (AvgIpc) is 3.30. The lowest BCUT2D eigenvalue weighted by Crippen LogP contribution is -2.17. The molecule has 2 aromatic heterocycles. The molecule has 10 heteroatoms. The molecule has 4 rings (SSSR count). The highest BCUT2D eigenvalue weighted by Crippen LogP contribution is 2.48. The minimum absolute atomic E-state index is 0.143. The van der Waals surface area contributed by atoms with Crippen molar-refractivity contribution in [2.75, 3.05) is 12.4 Å². The molecule has 1 fully saturated rings. The van der Waals surface area contributed by atoms with E-state index in [9.17, 15) is 4.79 Å². The highest BCUT2D eigenvalue weighted by molar-refractivity contribution is 8.00. The second-order valence-electron chi connectivity index (χ2n) is 6.22. The Morgan fingerprint density at radius 1 is 1.33 bits per heavy atom. The van der Waals surface area contributed by atoms with E-state index in [1.165, 1.54) is 43.4 Å². The molecule has 0 bridgehead atoms. The number of benzene rings is 1. The van der Waals surface area contributed by atoms with Crippen LogP contribution in [0.25, 0.3) is 10.1 Å². The van der Waals surface area contributed by atoms with Crippen LogP contribution in [-0.4, -0.2) is 39.1 Å². The lowest BCUT2D eigenvalue weighted by Gasteiger charge is -2.21. The third kappa shape index (κ3) is 4.16. The van der Waals surface area contributed by atoms with Gasteiger partial charge in [-0.05, 0) is 41.5 Å². The largest absolute Gasteiger partial charge is 0.497 e. The molecule has 2 N–H and O–H groups in total. The first-order valence-electron chi connectivity index (χ1n) is 8.72. The zero-order valence-corrected chi connectivity index (χ0v) is 16.4. The van der Waals surface area contributed by atoms with Crippen molar-refractivity contribution in [3.8, 4) is 10.8 Å². The number of H-pyrrole nitrogens is 1.